The van der Waals surface area contributed by atoms with Crippen LogP contribution in [0.2, 0.25) is 0 Å². The number of carbonyl (C=O) groups excluding carboxylic acids is 1. The molecular formula is C25H33N3O. The number of carbonyl (C=O) groups is 1. The van der Waals surface area contributed by atoms with E-state index in [9.17, 15) is 4.79 Å². The van der Waals surface area contributed by atoms with Gasteiger partial charge in [0.1, 0.15) is 0 Å². The van der Waals surface area contributed by atoms with Crippen molar-refractivity contribution < 1.29 is 4.79 Å². The SMILES string of the molecule is O=C(NCc1ccccc1CN1CCN(c2ccccc2)CC1)C1CCCCC1. The van der Waals surface area contributed by atoms with Crippen molar-refractivity contribution in [1.29, 1.82) is 0 Å². The van der Waals surface area contributed by atoms with Crippen LogP contribution in [0.3, 0.4) is 0 Å². The highest BCUT2D eigenvalue weighted by atomic mass is 16.1. The third kappa shape index (κ3) is 5.39. The molecule has 1 aliphatic carbocycles. The van der Waals surface area contributed by atoms with Gasteiger partial charge in [-0.2, -0.15) is 0 Å². The van der Waals surface area contributed by atoms with Crippen LogP contribution in [0.1, 0.15) is 43.2 Å². The summed E-state index contributed by atoms with van der Waals surface area (Å²) in [6, 6.07) is 19.3. The minimum atomic E-state index is 0.224. The van der Waals surface area contributed by atoms with E-state index >= 15 is 0 Å². The second-order valence-corrected chi connectivity index (χ2v) is 8.42. The summed E-state index contributed by atoms with van der Waals surface area (Å²) in [4.78, 5) is 17.5. The summed E-state index contributed by atoms with van der Waals surface area (Å²) in [7, 11) is 0. The molecule has 4 nitrogen and oxygen atoms in total. The minimum absolute atomic E-state index is 0.224. The van der Waals surface area contributed by atoms with Crippen molar-refractivity contribution >= 4 is 11.6 Å². The number of benzene rings is 2. The van der Waals surface area contributed by atoms with Gasteiger partial charge in [-0.3, -0.25) is 9.69 Å². The molecule has 0 aromatic heterocycles. The normalized spacial score (nSPS) is 18.6. The molecule has 0 atom stereocenters. The maximum Gasteiger partial charge on any atom is 0.223 e. The van der Waals surface area contributed by atoms with Gasteiger partial charge in [0, 0.05) is 50.9 Å². The molecule has 2 aromatic rings. The zero-order valence-corrected chi connectivity index (χ0v) is 17.4. The van der Waals surface area contributed by atoms with E-state index in [4.69, 9.17) is 0 Å². The molecule has 4 heteroatoms. The second kappa shape index (κ2) is 9.93. The van der Waals surface area contributed by atoms with Gasteiger partial charge >= 0.3 is 0 Å². The average Bonchev–Trinajstić information content (AvgIpc) is 2.80. The molecule has 1 saturated heterocycles. The lowest BCUT2D eigenvalue weighted by atomic mass is 9.88. The van der Waals surface area contributed by atoms with Gasteiger partial charge in [0.15, 0.2) is 0 Å². The number of hydrogen-bond donors (Lipinski definition) is 1. The number of amides is 1. The van der Waals surface area contributed by atoms with E-state index < -0.39 is 0 Å². The standard InChI is InChI=1S/C25H33N3O/c29-25(21-9-3-1-4-10-21)26-19-22-11-7-8-12-23(22)20-27-15-17-28(18-16-27)24-13-5-2-6-14-24/h2,5-8,11-14,21H,1,3-4,9-10,15-20H2,(H,26,29). The first-order valence-corrected chi connectivity index (χ1v) is 11.2. The topological polar surface area (TPSA) is 35.6 Å². The summed E-state index contributed by atoms with van der Waals surface area (Å²) in [6.45, 7) is 5.86. The lowest BCUT2D eigenvalue weighted by molar-refractivity contribution is -0.126. The summed E-state index contributed by atoms with van der Waals surface area (Å²) >= 11 is 0. The van der Waals surface area contributed by atoms with Crippen molar-refractivity contribution in [2.75, 3.05) is 31.1 Å². The summed E-state index contributed by atoms with van der Waals surface area (Å²) in [6.07, 6.45) is 5.79. The van der Waals surface area contributed by atoms with Crippen LogP contribution in [0, 0.1) is 5.92 Å². The lowest BCUT2D eigenvalue weighted by Gasteiger charge is -2.36. The molecule has 0 radical (unpaired) electrons. The number of hydrogen-bond acceptors (Lipinski definition) is 3. The molecule has 154 valence electrons. The smallest absolute Gasteiger partial charge is 0.223 e. The molecule has 1 N–H and O–H groups in total. The average molecular weight is 392 g/mol. The van der Waals surface area contributed by atoms with Crippen LogP contribution in [0.4, 0.5) is 5.69 Å². The van der Waals surface area contributed by atoms with E-state index in [-0.39, 0.29) is 11.8 Å². The molecule has 1 saturated carbocycles. The Morgan fingerprint density at radius 2 is 1.48 bits per heavy atom. The molecule has 29 heavy (non-hydrogen) atoms. The van der Waals surface area contributed by atoms with Crippen molar-refractivity contribution in [2.45, 2.75) is 45.2 Å². The number of piperazine rings is 1. The molecule has 4 rings (SSSR count). The van der Waals surface area contributed by atoms with Gasteiger partial charge in [-0.05, 0) is 36.1 Å². The predicted octanol–water partition coefficient (Wildman–Crippen LogP) is 4.21. The zero-order valence-electron chi connectivity index (χ0n) is 17.4. The van der Waals surface area contributed by atoms with Crippen molar-refractivity contribution in [3.63, 3.8) is 0 Å². The zero-order chi connectivity index (χ0) is 19.9. The van der Waals surface area contributed by atoms with Crippen molar-refractivity contribution in [3.05, 3.63) is 65.7 Å². The fourth-order valence-corrected chi connectivity index (χ4v) is 4.62. The maximum atomic E-state index is 12.5. The Bertz CT molecular complexity index is 778. The molecule has 0 spiro atoms. The molecule has 2 aromatic carbocycles. The molecule has 0 bridgehead atoms. The first kappa shape index (κ1) is 20.0. The van der Waals surface area contributed by atoms with Crippen molar-refractivity contribution in [2.24, 2.45) is 5.92 Å². The molecule has 1 heterocycles. The van der Waals surface area contributed by atoms with Crippen LogP contribution >= 0.6 is 0 Å². The van der Waals surface area contributed by atoms with Crippen LogP contribution in [-0.4, -0.2) is 37.0 Å². The highest BCUT2D eigenvalue weighted by Crippen LogP contribution is 2.24. The van der Waals surface area contributed by atoms with Crippen LogP contribution in [0.5, 0.6) is 0 Å². The van der Waals surface area contributed by atoms with Crippen LogP contribution in [0.25, 0.3) is 0 Å². The Labute approximate surface area is 174 Å². The number of anilines is 1. The van der Waals surface area contributed by atoms with Gasteiger partial charge in [-0.15, -0.1) is 0 Å². The van der Waals surface area contributed by atoms with E-state index in [1.165, 1.54) is 36.1 Å². The molecule has 1 aliphatic heterocycles. The molecule has 2 fully saturated rings. The van der Waals surface area contributed by atoms with E-state index in [2.05, 4.69) is 69.7 Å². The quantitative estimate of drug-likeness (QED) is 0.801. The fourth-order valence-electron chi connectivity index (χ4n) is 4.62. The number of nitrogens with zero attached hydrogens (tertiary/aromatic N) is 2. The first-order valence-electron chi connectivity index (χ1n) is 11.2. The lowest BCUT2D eigenvalue weighted by Crippen LogP contribution is -2.46. The van der Waals surface area contributed by atoms with Gasteiger partial charge in [-0.25, -0.2) is 0 Å². The Hall–Kier alpha value is -2.33. The Balaban J connectivity index is 1.30. The highest BCUT2D eigenvalue weighted by Gasteiger charge is 2.21. The van der Waals surface area contributed by atoms with E-state index in [1.807, 2.05) is 0 Å². The molecule has 2 aliphatic rings. The van der Waals surface area contributed by atoms with Crippen LogP contribution in [-0.2, 0) is 17.9 Å². The summed E-state index contributed by atoms with van der Waals surface area (Å²) in [5, 5.41) is 3.21. The van der Waals surface area contributed by atoms with Gasteiger partial charge in [0.2, 0.25) is 5.91 Å². The summed E-state index contributed by atoms with van der Waals surface area (Å²) in [5.74, 6) is 0.470. The van der Waals surface area contributed by atoms with Gasteiger partial charge < -0.3 is 10.2 Å². The van der Waals surface area contributed by atoms with Gasteiger partial charge in [-0.1, -0.05) is 61.7 Å². The molecular weight excluding hydrogens is 358 g/mol. The number of rotatable bonds is 6. The number of para-hydroxylation sites is 1. The Morgan fingerprint density at radius 3 is 2.21 bits per heavy atom. The first-order chi connectivity index (χ1) is 14.3. The van der Waals surface area contributed by atoms with Gasteiger partial charge in [0.25, 0.3) is 0 Å². The fraction of sp³-hybridized carbons (Fsp3) is 0.480. The van der Waals surface area contributed by atoms with Crippen LogP contribution in [0.15, 0.2) is 54.6 Å². The Kier molecular flexibility index (Phi) is 6.83. The third-order valence-corrected chi connectivity index (χ3v) is 6.44. The number of nitrogens with one attached hydrogen (secondary N) is 1. The summed E-state index contributed by atoms with van der Waals surface area (Å²) < 4.78 is 0. The molecule has 1 amide bonds. The maximum absolute atomic E-state index is 12.5. The minimum Gasteiger partial charge on any atom is -0.369 e. The van der Waals surface area contributed by atoms with Gasteiger partial charge in [0.05, 0.1) is 0 Å². The van der Waals surface area contributed by atoms with E-state index in [0.29, 0.717) is 6.54 Å². The van der Waals surface area contributed by atoms with E-state index in [1.54, 1.807) is 0 Å². The predicted molar refractivity (Wildman–Crippen MR) is 119 cm³/mol. The van der Waals surface area contributed by atoms with E-state index in [0.717, 1.165) is 45.6 Å². The van der Waals surface area contributed by atoms with Crippen molar-refractivity contribution in [1.82, 2.24) is 10.2 Å². The van der Waals surface area contributed by atoms with Crippen molar-refractivity contribution in [3.8, 4) is 0 Å². The largest absolute Gasteiger partial charge is 0.369 e. The summed E-state index contributed by atoms with van der Waals surface area (Å²) in [5.41, 5.74) is 3.91. The Morgan fingerprint density at radius 1 is 0.828 bits per heavy atom. The van der Waals surface area contributed by atoms with Crippen LogP contribution < -0.4 is 10.2 Å². The molecule has 0 unspecified atom stereocenters. The highest BCUT2D eigenvalue weighted by molar-refractivity contribution is 5.78. The second-order valence-electron chi connectivity index (χ2n) is 8.42. The third-order valence-electron chi connectivity index (χ3n) is 6.44. The monoisotopic (exact) mass is 391 g/mol.